The molecule has 5 unspecified atom stereocenters. The van der Waals surface area contributed by atoms with E-state index in [0.717, 1.165) is 43.9 Å². The van der Waals surface area contributed by atoms with E-state index in [0.29, 0.717) is 6.04 Å². The molecule has 0 aromatic carbocycles. The Hall–Kier alpha value is -0.570. The van der Waals surface area contributed by atoms with Crippen molar-refractivity contribution in [3.8, 4) is 0 Å². The van der Waals surface area contributed by atoms with Crippen LogP contribution in [-0.4, -0.2) is 18.0 Å². The summed E-state index contributed by atoms with van der Waals surface area (Å²) in [5.41, 5.74) is 5.86. The third kappa shape index (κ3) is 3.21. The fourth-order valence-electron chi connectivity index (χ4n) is 3.25. The molecule has 0 bridgehead atoms. The monoisotopic (exact) mass is 238 g/mol. The molecule has 3 N–H and O–H groups in total. The van der Waals surface area contributed by atoms with Crippen LogP contribution in [0.5, 0.6) is 0 Å². The molecule has 2 aliphatic carbocycles. The zero-order chi connectivity index (χ0) is 12.4. The van der Waals surface area contributed by atoms with Crippen molar-refractivity contribution >= 4 is 5.91 Å². The third-order valence-electron chi connectivity index (χ3n) is 4.79. The Morgan fingerprint density at radius 3 is 2.41 bits per heavy atom. The van der Waals surface area contributed by atoms with Crippen molar-refractivity contribution in [3.63, 3.8) is 0 Å². The number of hydrogen-bond donors (Lipinski definition) is 2. The molecule has 98 valence electrons. The number of nitrogens with one attached hydrogen (secondary N) is 1. The van der Waals surface area contributed by atoms with Crippen LogP contribution in [0.25, 0.3) is 0 Å². The van der Waals surface area contributed by atoms with Crippen molar-refractivity contribution in [1.29, 1.82) is 0 Å². The van der Waals surface area contributed by atoms with Crippen molar-refractivity contribution in [3.05, 3.63) is 0 Å². The lowest BCUT2D eigenvalue weighted by atomic mass is 9.79. The SMILES string of the molecule is CC1CCC(NC(=O)C2CCC(N)C2)CC1C. The van der Waals surface area contributed by atoms with Gasteiger partial charge in [0, 0.05) is 18.0 Å². The summed E-state index contributed by atoms with van der Waals surface area (Å²) in [6.07, 6.45) is 6.41. The first-order valence-electron chi connectivity index (χ1n) is 7.12. The van der Waals surface area contributed by atoms with Gasteiger partial charge in [-0.25, -0.2) is 0 Å². The van der Waals surface area contributed by atoms with Crippen molar-refractivity contribution in [2.75, 3.05) is 0 Å². The van der Waals surface area contributed by atoms with Crippen molar-refractivity contribution in [2.24, 2.45) is 23.5 Å². The van der Waals surface area contributed by atoms with Crippen molar-refractivity contribution in [2.45, 2.75) is 64.5 Å². The molecule has 0 aromatic heterocycles. The van der Waals surface area contributed by atoms with Gasteiger partial charge in [0.2, 0.25) is 5.91 Å². The lowest BCUT2D eigenvalue weighted by Gasteiger charge is -2.33. The maximum absolute atomic E-state index is 12.1. The van der Waals surface area contributed by atoms with E-state index in [2.05, 4.69) is 19.2 Å². The van der Waals surface area contributed by atoms with Gasteiger partial charge in [-0.05, 0) is 50.4 Å². The van der Waals surface area contributed by atoms with Gasteiger partial charge < -0.3 is 11.1 Å². The summed E-state index contributed by atoms with van der Waals surface area (Å²) in [5, 5.41) is 3.24. The molecule has 2 aliphatic rings. The van der Waals surface area contributed by atoms with Crippen LogP contribution >= 0.6 is 0 Å². The van der Waals surface area contributed by atoms with Crippen LogP contribution in [0, 0.1) is 17.8 Å². The number of hydrogen-bond acceptors (Lipinski definition) is 2. The van der Waals surface area contributed by atoms with Gasteiger partial charge in [0.25, 0.3) is 0 Å². The summed E-state index contributed by atoms with van der Waals surface area (Å²) in [5.74, 6) is 1.98. The summed E-state index contributed by atoms with van der Waals surface area (Å²) in [6, 6.07) is 0.654. The molecule has 0 heterocycles. The quantitative estimate of drug-likeness (QED) is 0.773. The first-order valence-corrected chi connectivity index (χ1v) is 7.12. The Bertz CT molecular complexity index is 279. The summed E-state index contributed by atoms with van der Waals surface area (Å²) >= 11 is 0. The number of nitrogens with two attached hydrogens (primary N) is 1. The topological polar surface area (TPSA) is 55.1 Å². The zero-order valence-corrected chi connectivity index (χ0v) is 11.1. The predicted octanol–water partition coefficient (Wildman–Crippen LogP) is 2.05. The first kappa shape index (κ1) is 12.9. The Labute approximate surface area is 105 Å². The number of carbonyl (C=O) groups is 1. The molecule has 0 aromatic rings. The Morgan fingerprint density at radius 2 is 1.82 bits per heavy atom. The van der Waals surface area contributed by atoms with Gasteiger partial charge in [-0.15, -0.1) is 0 Å². The summed E-state index contributed by atoms with van der Waals surface area (Å²) < 4.78 is 0. The summed E-state index contributed by atoms with van der Waals surface area (Å²) in [7, 11) is 0. The molecular weight excluding hydrogens is 212 g/mol. The van der Waals surface area contributed by atoms with Crippen molar-refractivity contribution < 1.29 is 4.79 Å². The average Bonchev–Trinajstić information content (AvgIpc) is 2.70. The van der Waals surface area contributed by atoms with E-state index in [9.17, 15) is 4.79 Å². The van der Waals surface area contributed by atoms with E-state index in [4.69, 9.17) is 5.73 Å². The Morgan fingerprint density at radius 1 is 1.06 bits per heavy atom. The summed E-state index contributed by atoms with van der Waals surface area (Å²) in [6.45, 7) is 4.62. The van der Waals surface area contributed by atoms with Gasteiger partial charge in [-0.2, -0.15) is 0 Å². The largest absolute Gasteiger partial charge is 0.353 e. The number of carbonyl (C=O) groups excluding carboxylic acids is 1. The first-order chi connectivity index (χ1) is 8.06. The normalized spacial score (nSPS) is 42.4. The van der Waals surface area contributed by atoms with E-state index in [1.807, 2.05) is 0 Å². The second kappa shape index (κ2) is 5.38. The minimum atomic E-state index is 0.180. The van der Waals surface area contributed by atoms with E-state index in [1.165, 1.54) is 6.42 Å². The Kier molecular flexibility index (Phi) is 4.08. The van der Waals surface area contributed by atoms with Gasteiger partial charge >= 0.3 is 0 Å². The number of amides is 1. The second-order valence-corrected chi connectivity index (χ2v) is 6.24. The molecule has 1 amide bonds. The highest BCUT2D eigenvalue weighted by Gasteiger charge is 2.31. The minimum Gasteiger partial charge on any atom is -0.353 e. The van der Waals surface area contributed by atoms with Crippen molar-refractivity contribution in [1.82, 2.24) is 5.32 Å². The lowest BCUT2D eigenvalue weighted by Crippen LogP contribution is -2.42. The zero-order valence-electron chi connectivity index (χ0n) is 11.1. The average molecular weight is 238 g/mol. The highest BCUT2D eigenvalue weighted by molar-refractivity contribution is 5.79. The maximum Gasteiger partial charge on any atom is 0.223 e. The van der Waals surface area contributed by atoms with Gasteiger partial charge in [0.05, 0.1) is 0 Å². The van der Waals surface area contributed by atoms with Gasteiger partial charge in [-0.1, -0.05) is 13.8 Å². The molecule has 0 aliphatic heterocycles. The fraction of sp³-hybridized carbons (Fsp3) is 0.929. The predicted molar refractivity (Wildman–Crippen MR) is 69.4 cm³/mol. The van der Waals surface area contributed by atoms with Crippen LogP contribution in [0.2, 0.25) is 0 Å². The molecule has 0 saturated heterocycles. The smallest absolute Gasteiger partial charge is 0.223 e. The molecule has 3 nitrogen and oxygen atoms in total. The third-order valence-corrected chi connectivity index (χ3v) is 4.79. The van der Waals surface area contributed by atoms with Crippen LogP contribution in [-0.2, 0) is 4.79 Å². The molecule has 5 atom stereocenters. The van der Waals surface area contributed by atoms with E-state index >= 15 is 0 Å². The highest BCUT2D eigenvalue weighted by Crippen LogP contribution is 2.30. The molecule has 2 saturated carbocycles. The maximum atomic E-state index is 12.1. The van der Waals surface area contributed by atoms with Crippen LogP contribution < -0.4 is 11.1 Å². The standard InChI is InChI=1S/C14H26N2O/c1-9-3-6-13(7-10(9)2)16-14(17)11-4-5-12(15)8-11/h9-13H,3-8,15H2,1-2H3,(H,16,17). The number of rotatable bonds is 2. The molecule has 0 spiro atoms. The molecule has 17 heavy (non-hydrogen) atoms. The molecule has 0 radical (unpaired) electrons. The van der Waals surface area contributed by atoms with Crippen LogP contribution in [0.15, 0.2) is 0 Å². The van der Waals surface area contributed by atoms with Crippen LogP contribution in [0.4, 0.5) is 0 Å². The van der Waals surface area contributed by atoms with Gasteiger partial charge in [0.15, 0.2) is 0 Å². The Balaban J connectivity index is 1.79. The van der Waals surface area contributed by atoms with Gasteiger partial charge in [0.1, 0.15) is 0 Å². The molecule has 3 heteroatoms. The second-order valence-electron chi connectivity index (χ2n) is 6.24. The lowest BCUT2D eigenvalue weighted by molar-refractivity contribution is -0.125. The van der Waals surface area contributed by atoms with Gasteiger partial charge in [-0.3, -0.25) is 4.79 Å². The van der Waals surface area contributed by atoms with Crippen LogP contribution in [0.1, 0.15) is 52.4 Å². The minimum absolute atomic E-state index is 0.180. The summed E-state index contributed by atoms with van der Waals surface area (Å²) in [4.78, 5) is 12.1. The molecule has 2 fully saturated rings. The van der Waals surface area contributed by atoms with E-state index in [1.54, 1.807) is 0 Å². The van der Waals surface area contributed by atoms with E-state index in [-0.39, 0.29) is 17.9 Å². The molecule has 2 rings (SSSR count). The molecular formula is C14H26N2O. The van der Waals surface area contributed by atoms with Crippen LogP contribution in [0.3, 0.4) is 0 Å². The highest BCUT2D eigenvalue weighted by atomic mass is 16.1. The van der Waals surface area contributed by atoms with E-state index < -0.39 is 0 Å². The fourth-order valence-corrected chi connectivity index (χ4v) is 3.25.